The van der Waals surface area contributed by atoms with Gasteiger partial charge in [-0.05, 0) is 55.8 Å². The van der Waals surface area contributed by atoms with Crippen LogP contribution in [0.4, 0.5) is 5.69 Å². The zero-order chi connectivity index (χ0) is 24.5. The second-order valence-electron chi connectivity index (χ2n) is 8.39. The van der Waals surface area contributed by atoms with Gasteiger partial charge in [-0.15, -0.1) is 0 Å². The molecule has 0 spiro atoms. The number of primary amides is 1. The van der Waals surface area contributed by atoms with E-state index < -0.39 is 22.0 Å². The summed E-state index contributed by atoms with van der Waals surface area (Å²) in [7, 11) is -3.72. The molecule has 1 saturated heterocycles. The number of para-hydroxylation sites is 1. The molecule has 0 aliphatic carbocycles. The maximum atomic E-state index is 13.4. The van der Waals surface area contributed by atoms with Crippen molar-refractivity contribution < 1.29 is 18.0 Å². The summed E-state index contributed by atoms with van der Waals surface area (Å²) in [5.74, 6) is -0.745. The number of carbonyl (C=O) groups is 2. The van der Waals surface area contributed by atoms with E-state index in [1.807, 2.05) is 24.0 Å². The summed E-state index contributed by atoms with van der Waals surface area (Å²) in [5, 5.41) is 3.61. The number of benzene rings is 2. The number of amides is 2. The molecule has 10 heteroatoms. The van der Waals surface area contributed by atoms with Crippen LogP contribution >= 0.6 is 0 Å². The van der Waals surface area contributed by atoms with Crippen LogP contribution in [0.1, 0.15) is 22.8 Å². The van der Waals surface area contributed by atoms with Crippen molar-refractivity contribution in [3.63, 3.8) is 0 Å². The van der Waals surface area contributed by atoms with E-state index in [9.17, 15) is 18.0 Å². The highest BCUT2D eigenvalue weighted by Gasteiger charge is 2.33. The van der Waals surface area contributed by atoms with Gasteiger partial charge in [0, 0.05) is 49.0 Å². The molecule has 1 aromatic heterocycles. The van der Waals surface area contributed by atoms with Gasteiger partial charge in [-0.3, -0.25) is 19.5 Å². The summed E-state index contributed by atoms with van der Waals surface area (Å²) in [6.45, 7) is 5.09. The summed E-state index contributed by atoms with van der Waals surface area (Å²) in [6, 6.07) is 13.0. The number of sulfonamides is 1. The molecule has 1 unspecified atom stereocenters. The first-order valence-corrected chi connectivity index (χ1v) is 12.4. The SMILES string of the molecule is Cc1cnc2c(S(=O)(=O)N3CCN(C(C)C(=O)Nc4ccc(C(N)=O)cc4)CC3)cccc2c1. The van der Waals surface area contributed by atoms with Crippen LogP contribution < -0.4 is 11.1 Å². The van der Waals surface area contributed by atoms with E-state index in [0.717, 1.165) is 10.9 Å². The Morgan fingerprint density at radius 1 is 1.06 bits per heavy atom. The number of pyridine rings is 1. The van der Waals surface area contributed by atoms with Crippen molar-refractivity contribution in [1.82, 2.24) is 14.2 Å². The number of fused-ring (bicyclic) bond motifs is 1. The summed E-state index contributed by atoms with van der Waals surface area (Å²) < 4.78 is 28.2. The summed E-state index contributed by atoms with van der Waals surface area (Å²) in [4.78, 5) is 30.4. The molecule has 1 atom stereocenters. The third-order valence-electron chi connectivity index (χ3n) is 6.07. The van der Waals surface area contributed by atoms with Gasteiger partial charge >= 0.3 is 0 Å². The number of carbonyl (C=O) groups excluding carboxylic acids is 2. The third kappa shape index (κ3) is 4.79. The lowest BCUT2D eigenvalue weighted by atomic mass is 10.2. The maximum absolute atomic E-state index is 13.4. The van der Waals surface area contributed by atoms with Gasteiger partial charge in [-0.1, -0.05) is 12.1 Å². The average molecular weight is 482 g/mol. The number of aryl methyl sites for hydroxylation is 1. The minimum absolute atomic E-state index is 0.198. The molecule has 0 radical (unpaired) electrons. The number of aromatic nitrogens is 1. The number of hydrogen-bond acceptors (Lipinski definition) is 6. The van der Waals surface area contributed by atoms with Crippen LogP contribution in [0.25, 0.3) is 10.9 Å². The Morgan fingerprint density at radius 3 is 2.38 bits per heavy atom. The molecule has 1 aliphatic heterocycles. The fourth-order valence-corrected chi connectivity index (χ4v) is 5.64. The molecule has 178 valence electrons. The number of rotatable bonds is 6. The topological polar surface area (TPSA) is 126 Å². The zero-order valence-electron chi connectivity index (χ0n) is 19.1. The Labute approximate surface area is 198 Å². The minimum atomic E-state index is -3.72. The predicted octanol–water partition coefficient (Wildman–Crippen LogP) is 1.98. The van der Waals surface area contributed by atoms with Crippen LogP contribution in [0.15, 0.2) is 59.6 Å². The second kappa shape index (κ2) is 9.49. The number of nitrogens with one attached hydrogen (secondary N) is 1. The van der Waals surface area contributed by atoms with Crippen molar-refractivity contribution in [3.05, 3.63) is 65.9 Å². The largest absolute Gasteiger partial charge is 0.366 e. The average Bonchev–Trinajstić information content (AvgIpc) is 2.83. The molecule has 0 bridgehead atoms. The van der Waals surface area contributed by atoms with Gasteiger partial charge in [0.05, 0.1) is 11.6 Å². The summed E-state index contributed by atoms with van der Waals surface area (Å²) in [5.41, 5.74) is 7.59. The zero-order valence-corrected chi connectivity index (χ0v) is 19.9. The van der Waals surface area contributed by atoms with E-state index in [1.54, 1.807) is 49.5 Å². The highest BCUT2D eigenvalue weighted by Crippen LogP contribution is 2.26. The molecule has 0 saturated carbocycles. The highest BCUT2D eigenvalue weighted by molar-refractivity contribution is 7.89. The van der Waals surface area contributed by atoms with E-state index in [1.165, 1.54) is 4.31 Å². The van der Waals surface area contributed by atoms with Crippen LogP contribution in [-0.4, -0.2) is 66.6 Å². The molecule has 9 nitrogen and oxygen atoms in total. The van der Waals surface area contributed by atoms with E-state index in [0.29, 0.717) is 29.9 Å². The smallest absolute Gasteiger partial charge is 0.248 e. The van der Waals surface area contributed by atoms with Gasteiger partial charge in [-0.2, -0.15) is 4.31 Å². The van der Waals surface area contributed by atoms with Gasteiger partial charge in [-0.25, -0.2) is 8.42 Å². The molecule has 2 heterocycles. The van der Waals surface area contributed by atoms with E-state index in [4.69, 9.17) is 5.73 Å². The Balaban J connectivity index is 1.41. The number of hydrogen-bond donors (Lipinski definition) is 2. The van der Waals surface area contributed by atoms with Gasteiger partial charge < -0.3 is 11.1 Å². The van der Waals surface area contributed by atoms with Gasteiger partial charge in [0.25, 0.3) is 0 Å². The standard InChI is InChI=1S/C24H27N5O4S/c1-16-14-19-4-3-5-21(22(19)26-15-16)34(32,33)29-12-10-28(11-13-29)17(2)24(31)27-20-8-6-18(7-9-20)23(25)30/h3-9,14-15,17H,10-13H2,1-2H3,(H2,25,30)(H,27,31). The van der Waals surface area contributed by atoms with Gasteiger partial charge in [0.2, 0.25) is 21.8 Å². The molecular formula is C24H27N5O4S. The normalized spacial score (nSPS) is 16.3. The van der Waals surface area contributed by atoms with Crippen molar-refractivity contribution in [2.75, 3.05) is 31.5 Å². The quantitative estimate of drug-likeness (QED) is 0.555. The number of anilines is 1. The van der Waals surface area contributed by atoms with Crippen LogP contribution in [0.3, 0.4) is 0 Å². The van der Waals surface area contributed by atoms with Crippen molar-refractivity contribution in [2.45, 2.75) is 24.8 Å². The summed E-state index contributed by atoms with van der Waals surface area (Å²) in [6.07, 6.45) is 1.67. The molecule has 2 aromatic carbocycles. The Morgan fingerprint density at radius 2 is 1.74 bits per heavy atom. The molecule has 3 aromatic rings. The van der Waals surface area contributed by atoms with Crippen LogP contribution in [-0.2, 0) is 14.8 Å². The monoisotopic (exact) mass is 481 g/mol. The van der Waals surface area contributed by atoms with Gasteiger partial charge in [0.1, 0.15) is 4.90 Å². The fraction of sp³-hybridized carbons (Fsp3) is 0.292. The van der Waals surface area contributed by atoms with E-state index in [2.05, 4.69) is 10.3 Å². The Bertz CT molecular complexity index is 1330. The first-order valence-electron chi connectivity index (χ1n) is 11.0. The predicted molar refractivity (Wildman–Crippen MR) is 130 cm³/mol. The van der Waals surface area contributed by atoms with E-state index >= 15 is 0 Å². The number of nitrogens with zero attached hydrogens (tertiary/aromatic N) is 3. The molecular weight excluding hydrogens is 454 g/mol. The molecule has 1 fully saturated rings. The maximum Gasteiger partial charge on any atom is 0.248 e. The molecule has 34 heavy (non-hydrogen) atoms. The van der Waals surface area contributed by atoms with Crippen LogP contribution in [0, 0.1) is 6.92 Å². The first kappa shape index (κ1) is 23.8. The molecule has 2 amide bonds. The Kier molecular flexibility index (Phi) is 6.65. The minimum Gasteiger partial charge on any atom is -0.366 e. The number of nitrogens with two attached hydrogens (primary N) is 1. The fourth-order valence-electron chi connectivity index (χ4n) is 4.05. The summed E-state index contributed by atoms with van der Waals surface area (Å²) >= 11 is 0. The van der Waals surface area contributed by atoms with Crippen molar-refractivity contribution in [2.24, 2.45) is 5.73 Å². The second-order valence-corrected chi connectivity index (χ2v) is 10.3. The first-order chi connectivity index (χ1) is 16.2. The van der Waals surface area contributed by atoms with Crippen molar-refractivity contribution in [1.29, 1.82) is 0 Å². The Hall–Kier alpha value is -3.34. The van der Waals surface area contributed by atoms with Crippen LogP contribution in [0.5, 0.6) is 0 Å². The molecule has 4 rings (SSSR count). The lowest BCUT2D eigenvalue weighted by Crippen LogP contribution is -2.53. The number of piperazine rings is 1. The van der Waals surface area contributed by atoms with Crippen LogP contribution in [0.2, 0.25) is 0 Å². The van der Waals surface area contributed by atoms with Gasteiger partial charge in [0.15, 0.2) is 0 Å². The van der Waals surface area contributed by atoms with Crippen molar-refractivity contribution >= 4 is 38.4 Å². The van der Waals surface area contributed by atoms with E-state index in [-0.39, 0.29) is 23.9 Å². The van der Waals surface area contributed by atoms with Crippen molar-refractivity contribution in [3.8, 4) is 0 Å². The highest BCUT2D eigenvalue weighted by atomic mass is 32.2. The lowest BCUT2D eigenvalue weighted by Gasteiger charge is -2.36. The third-order valence-corrected chi connectivity index (χ3v) is 8.00. The molecule has 3 N–H and O–H groups in total. The molecule has 1 aliphatic rings. The lowest BCUT2D eigenvalue weighted by molar-refractivity contribution is -0.121.